The molecule has 0 spiro atoms. The van der Waals surface area contributed by atoms with Gasteiger partial charge in [0.1, 0.15) is 0 Å². The van der Waals surface area contributed by atoms with Gasteiger partial charge >= 0.3 is 0 Å². The molecule has 0 aliphatic heterocycles. The molecule has 1 unspecified atom stereocenters. The average molecular weight is 297 g/mol. The summed E-state index contributed by atoms with van der Waals surface area (Å²) in [6, 6.07) is 6.72. The summed E-state index contributed by atoms with van der Waals surface area (Å²) >= 11 is 0. The second-order valence-corrected chi connectivity index (χ2v) is 7.07. The molecular formula is C15H23NO3S. The average Bonchev–Trinajstić information content (AvgIpc) is 2.37. The van der Waals surface area contributed by atoms with Crippen molar-refractivity contribution >= 4 is 10.0 Å². The Morgan fingerprint density at radius 1 is 1.35 bits per heavy atom. The first kappa shape index (κ1) is 16.9. The number of aliphatic hydroxyl groups is 1. The molecular weight excluding hydrogens is 274 g/mol. The van der Waals surface area contributed by atoms with E-state index in [1.54, 1.807) is 31.2 Å². The van der Waals surface area contributed by atoms with Crippen LogP contribution in [0.2, 0.25) is 0 Å². The molecule has 0 aromatic heterocycles. The lowest BCUT2D eigenvalue weighted by molar-refractivity contribution is 0.144. The molecule has 1 N–H and O–H groups in total. The fraction of sp³-hybridized carbons (Fsp3) is 0.467. The molecule has 112 valence electrons. The Hall–Kier alpha value is -1.17. The quantitative estimate of drug-likeness (QED) is 0.786. The van der Waals surface area contributed by atoms with Crippen LogP contribution in [-0.2, 0) is 10.0 Å². The zero-order valence-electron chi connectivity index (χ0n) is 12.3. The van der Waals surface area contributed by atoms with E-state index in [9.17, 15) is 13.5 Å². The normalized spacial score (nSPS) is 13.4. The van der Waals surface area contributed by atoms with Crippen molar-refractivity contribution < 1.29 is 13.5 Å². The SMILES string of the molecule is C=C(C)CN(CC(O)CC)S(=O)(=O)c1ccc(C)cc1. The van der Waals surface area contributed by atoms with Crippen LogP contribution >= 0.6 is 0 Å². The molecule has 5 heteroatoms. The van der Waals surface area contributed by atoms with Gasteiger partial charge in [-0.05, 0) is 32.4 Å². The Labute approximate surface area is 121 Å². The van der Waals surface area contributed by atoms with E-state index in [4.69, 9.17) is 0 Å². The highest BCUT2D eigenvalue weighted by Crippen LogP contribution is 2.18. The van der Waals surface area contributed by atoms with Crippen molar-refractivity contribution in [2.75, 3.05) is 13.1 Å². The van der Waals surface area contributed by atoms with Gasteiger partial charge in [0.2, 0.25) is 10.0 Å². The second-order valence-electron chi connectivity index (χ2n) is 5.13. The number of rotatable bonds is 7. The summed E-state index contributed by atoms with van der Waals surface area (Å²) in [4.78, 5) is 0.243. The number of nitrogens with zero attached hydrogens (tertiary/aromatic N) is 1. The molecule has 0 aliphatic carbocycles. The third-order valence-corrected chi connectivity index (χ3v) is 4.82. The molecule has 1 aromatic carbocycles. The Morgan fingerprint density at radius 3 is 2.35 bits per heavy atom. The van der Waals surface area contributed by atoms with Crippen LogP contribution in [0.25, 0.3) is 0 Å². The van der Waals surface area contributed by atoms with Gasteiger partial charge in [0, 0.05) is 13.1 Å². The molecule has 20 heavy (non-hydrogen) atoms. The summed E-state index contributed by atoms with van der Waals surface area (Å²) in [7, 11) is -3.61. The number of sulfonamides is 1. The highest BCUT2D eigenvalue weighted by molar-refractivity contribution is 7.89. The van der Waals surface area contributed by atoms with Gasteiger partial charge in [0.05, 0.1) is 11.0 Å². The molecule has 4 nitrogen and oxygen atoms in total. The molecule has 0 saturated carbocycles. The topological polar surface area (TPSA) is 57.6 Å². The first-order valence-corrected chi connectivity index (χ1v) is 8.10. The summed E-state index contributed by atoms with van der Waals surface area (Å²) in [5.41, 5.74) is 1.74. The Balaban J connectivity index is 3.09. The van der Waals surface area contributed by atoms with Crippen LogP contribution in [-0.4, -0.2) is 37.0 Å². The minimum Gasteiger partial charge on any atom is -0.392 e. The van der Waals surface area contributed by atoms with Crippen LogP contribution in [0.4, 0.5) is 0 Å². The summed E-state index contributed by atoms with van der Waals surface area (Å²) < 4.78 is 26.5. The molecule has 1 rings (SSSR count). The molecule has 0 aliphatic rings. The predicted octanol–water partition coefficient (Wildman–Crippen LogP) is 2.33. The van der Waals surface area contributed by atoms with E-state index in [0.717, 1.165) is 11.1 Å². The van der Waals surface area contributed by atoms with Crippen molar-refractivity contribution in [3.63, 3.8) is 0 Å². The number of benzene rings is 1. The van der Waals surface area contributed by atoms with Gasteiger partial charge in [0.25, 0.3) is 0 Å². The van der Waals surface area contributed by atoms with E-state index in [-0.39, 0.29) is 18.0 Å². The molecule has 0 heterocycles. The number of hydrogen-bond acceptors (Lipinski definition) is 3. The van der Waals surface area contributed by atoms with Gasteiger partial charge in [-0.2, -0.15) is 4.31 Å². The molecule has 1 aromatic rings. The fourth-order valence-electron chi connectivity index (χ4n) is 1.77. The standard InChI is InChI=1S/C15H23NO3S/c1-5-14(17)11-16(10-12(2)3)20(18,19)15-8-6-13(4)7-9-15/h6-9,14,17H,2,5,10-11H2,1,3-4H3. The van der Waals surface area contributed by atoms with Crippen LogP contribution in [0.5, 0.6) is 0 Å². The molecule has 1 atom stereocenters. The lowest BCUT2D eigenvalue weighted by Crippen LogP contribution is -2.38. The minimum atomic E-state index is -3.61. The summed E-state index contributed by atoms with van der Waals surface area (Å²) in [6.07, 6.45) is -0.162. The zero-order chi connectivity index (χ0) is 15.3. The lowest BCUT2D eigenvalue weighted by Gasteiger charge is -2.24. The van der Waals surface area contributed by atoms with Gasteiger partial charge in [0.15, 0.2) is 0 Å². The fourth-order valence-corrected chi connectivity index (χ4v) is 3.31. The molecule has 0 amide bonds. The van der Waals surface area contributed by atoms with Crippen LogP contribution in [0.3, 0.4) is 0 Å². The molecule has 0 bridgehead atoms. The van der Waals surface area contributed by atoms with Crippen molar-refractivity contribution in [1.29, 1.82) is 0 Å². The van der Waals surface area contributed by atoms with Gasteiger partial charge in [-0.3, -0.25) is 0 Å². The van der Waals surface area contributed by atoms with Gasteiger partial charge in [-0.15, -0.1) is 0 Å². The number of aliphatic hydroxyl groups excluding tert-OH is 1. The predicted molar refractivity (Wildman–Crippen MR) is 81.0 cm³/mol. The van der Waals surface area contributed by atoms with Crippen molar-refractivity contribution in [3.05, 3.63) is 42.0 Å². The van der Waals surface area contributed by atoms with Crippen molar-refractivity contribution in [1.82, 2.24) is 4.31 Å². The monoisotopic (exact) mass is 297 g/mol. The van der Waals surface area contributed by atoms with E-state index < -0.39 is 16.1 Å². The molecule has 0 radical (unpaired) electrons. The molecule has 0 saturated heterocycles. The smallest absolute Gasteiger partial charge is 0.243 e. The van der Waals surface area contributed by atoms with Crippen molar-refractivity contribution in [3.8, 4) is 0 Å². The number of aryl methyl sites for hydroxylation is 1. The third-order valence-electron chi connectivity index (χ3n) is 2.99. The van der Waals surface area contributed by atoms with E-state index in [1.165, 1.54) is 4.31 Å². The maximum atomic E-state index is 12.6. The van der Waals surface area contributed by atoms with Gasteiger partial charge in [-0.1, -0.05) is 36.8 Å². The maximum absolute atomic E-state index is 12.6. The third kappa shape index (κ3) is 4.44. The largest absolute Gasteiger partial charge is 0.392 e. The first-order chi connectivity index (χ1) is 9.27. The van der Waals surface area contributed by atoms with E-state index in [1.807, 2.05) is 13.8 Å². The van der Waals surface area contributed by atoms with Crippen LogP contribution < -0.4 is 0 Å². The summed E-state index contributed by atoms with van der Waals surface area (Å²) in [5, 5.41) is 9.76. The minimum absolute atomic E-state index is 0.0829. The summed E-state index contributed by atoms with van der Waals surface area (Å²) in [6.45, 7) is 9.56. The van der Waals surface area contributed by atoms with Crippen LogP contribution in [0.15, 0.2) is 41.3 Å². The van der Waals surface area contributed by atoms with E-state index >= 15 is 0 Å². The van der Waals surface area contributed by atoms with Crippen molar-refractivity contribution in [2.45, 2.75) is 38.2 Å². The van der Waals surface area contributed by atoms with Crippen LogP contribution in [0, 0.1) is 6.92 Å². The Morgan fingerprint density at radius 2 is 1.90 bits per heavy atom. The van der Waals surface area contributed by atoms with Crippen molar-refractivity contribution in [2.24, 2.45) is 0 Å². The zero-order valence-corrected chi connectivity index (χ0v) is 13.2. The van der Waals surface area contributed by atoms with Crippen LogP contribution in [0.1, 0.15) is 25.8 Å². The van der Waals surface area contributed by atoms with Gasteiger partial charge in [-0.25, -0.2) is 8.42 Å². The number of hydrogen-bond donors (Lipinski definition) is 1. The molecule has 0 fully saturated rings. The maximum Gasteiger partial charge on any atom is 0.243 e. The lowest BCUT2D eigenvalue weighted by atomic mass is 10.2. The van der Waals surface area contributed by atoms with Gasteiger partial charge < -0.3 is 5.11 Å². The van der Waals surface area contributed by atoms with E-state index in [0.29, 0.717) is 6.42 Å². The Kier molecular flexibility index (Phi) is 5.92. The van der Waals surface area contributed by atoms with E-state index in [2.05, 4.69) is 6.58 Å². The first-order valence-electron chi connectivity index (χ1n) is 6.66. The highest BCUT2D eigenvalue weighted by Gasteiger charge is 2.26. The second kappa shape index (κ2) is 7.02. The Bertz CT molecular complexity index is 549. The highest BCUT2D eigenvalue weighted by atomic mass is 32.2. The summed E-state index contributed by atoms with van der Waals surface area (Å²) in [5.74, 6) is 0.